The van der Waals surface area contributed by atoms with Crippen LogP contribution in [-0.2, 0) is 20.5 Å². The van der Waals surface area contributed by atoms with Crippen molar-refractivity contribution in [2.75, 3.05) is 17.8 Å². The van der Waals surface area contributed by atoms with E-state index in [1.807, 2.05) is 13.8 Å². The molecular formula is C20H24F4N2O3S. The van der Waals surface area contributed by atoms with Crippen LogP contribution in [0.2, 0.25) is 0 Å². The van der Waals surface area contributed by atoms with Gasteiger partial charge in [0.2, 0.25) is 5.91 Å². The van der Waals surface area contributed by atoms with Crippen molar-refractivity contribution in [2.24, 2.45) is 5.92 Å². The summed E-state index contributed by atoms with van der Waals surface area (Å²) in [6, 6.07) is 1.74. The maximum Gasteiger partial charge on any atom is 0.416 e. The molecule has 166 valence electrons. The van der Waals surface area contributed by atoms with Crippen LogP contribution < -0.4 is 5.32 Å². The molecule has 2 amide bonds. The first-order chi connectivity index (χ1) is 13.7. The smallest absolute Gasteiger partial charge is 0.416 e. The lowest BCUT2D eigenvalue weighted by molar-refractivity contribution is -0.148. The van der Waals surface area contributed by atoms with Crippen LogP contribution >= 0.6 is 11.8 Å². The minimum absolute atomic E-state index is 0.206. The normalized spacial score (nSPS) is 15.5. The number of rotatable bonds is 6. The molecule has 0 saturated carbocycles. The summed E-state index contributed by atoms with van der Waals surface area (Å²) in [7, 11) is 0. The summed E-state index contributed by atoms with van der Waals surface area (Å²) in [6.07, 6.45) is -4.69. The monoisotopic (exact) mass is 448 g/mol. The predicted molar refractivity (Wildman–Crippen MR) is 107 cm³/mol. The topological polar surface area (TPSA) is 58.6 Å². The van der Waals surface area contributed by atoms with Gasteiger partial charge in [-0.3, -0.25) is 14.5 Å². The van der Waals surface area contributed by atoms with Crippen LogP contribution in [0.1, 0.15) is 40.2 Å². The van der Waals surface area contributed by atoms with Gasteiger partial charge in [-0.1, -0.05) is 13.8 Å². The van der Waals surface area contributed by atoms with E-state index in [0.717, 1.165) is 0 Å². The van der Waals surface area contributed by atoms with Gasteiger partial charge in [0.25, 0.3) is 5.91 Å². The van der Waals surface area contributed by atoms with Gasteiger partial charge >= 0.3 is 6.18 Å². The number of hydrogen-bond donors (Lipinski definition) is 1. The molecular weight excluding hydrogens is 424 g/mol. The van der Waals surface area contributed by atoms with Crippen LogP contribution in [0.4, 0.5) is 23.2 Å². The summed E-state index contributed by atoms with van der Waals surface area (Å²) in [6.45, 7) is 8.28. The van der Waals surface area contributed by atoms with Crippen molar-refractivity contribution in [3.63, 3.8) is 0 Å². The average Bonchev–Trinajstić information content (AvgIpc) is 2.61. The highest BCUT2D eigenvalue weighted by Crippen LogP contribution is 2.34. The maximum absolute atomic E-state index is 14.0. The fourth-order valence-corrected chi connectivity index (χ4v) is 3.58. The molecule has 2 rings (SSSR count). The van der Waals surface area contributed by atoms with E-state index in [9.17, 15) is 27.2 Å². The van der Waals surface area contributed by atoms with E-state index < -0.39 is 40.6 Å². The molecule has 1 aliphatic rings. The van der Waals surface area contributed by atoms with E-state index in [0.29, 0.717) is 40.5 Å². The molecule has 0 bridgehead atoms. The molecule has 0 saturated heterocycles. The molecule has 0 spiro atoms. The standard InChI is InChI=1S/C20H24F4N2O3S/c1-11(2)9-30-16-12(3)29-10-26(17(16)27)19(4,5)18(28)25-15-8-13(20(22,23)24)6-7-14(15)21/h6-8,11H,9-10H2,1-5H3,(H,25,28). The molecule has 0 unspecified atom stereocenters. The van der Waals surface area contributed by atoms with Gasteiger partial charge < -0.3 is 10.1 Å². The number of carbonyl (C=O) groups is 2. The van der Waals surface area contributed by atoms with Crippen molar-refractivity contribution in [2.45, 2.75) is 46.3 Å². The Hall–Kier alpha value is -2.23. The number of allylic oxidation sites excluding steroid dienone is 1. The largest absolute Gasteiger partial charge is 0.476 e. The van der Waals surface area contributed by atoms with E-state index in [2.05, 4.69) is 5.32 Å². The third-order valence-corrected chi connectivity index (χ3v) is 6.09. The molecule has 0 atom stereocenters. The van der Waals surface area contributed by atoms with Crippen molar-refractivity contribution in [3.8, 4) is 0 Å². The van der Waals surface area contributed by atoms with E-state index in [1.165, 1.54) is 30.5 Å². The van der Waals surface area contributed by atoms with Crippen LogP contribution in [0.25, 0.3) is 0 Å². The fourth-order valence-electron chi connectivity index (χ4n) is 2.58. The minimum Gasteiger partial charge on any atom is -0.476 e. The Morgan fingerprint density at radius 3 is 2.50 bits per heavy atom. The minimum atomic E-state index is -4.69. The Morgan fingerprint density at radius 2 is 1.93 bits per heavy atom. The first-order valence-electron chi connectivity index (χ1n) is 9.21. The van der Waals surface area contributed by atoms with Crippen molar-refractivity contribution < 1.29 is 31.9 Å². The number of thioether (sulfide) groups is 1. The second-order valence-electron chi connectivity index (χ2n) is 7.80. The predicted octanol–water partition coefficient (Wildman–Crippen LogP) is 5.00. The Kier molecular flexibility index (Phi) is 7.11. The van der Waals surface area contributed by atoms with E-state index in [1.54, 1.807) is 6.92 Å². The number of amides is 2. The van der Waals surface area contributed by atoms with Crippen molar-refractivity contribution >= 4 is 29.3 Å². The summed E-state index contributed by atoms with van der Waals surface area (Å²) in [5.74, 6) is -0.852. The molecule has 5 nitrogen and oxygen atoms in total. The average molecular weight is 448 g/mol. The fraction of sp³-hybridized carbons (Fsp3) is 0.500. The summed E-state index contributed by atoms with van der Waals surface area (Å²) in [5, 5.41) is 2.17. The Bertz CT molecular complexity index is 866. The second-order valence-corrected chi connectivity index (χ2v) is 8.83. The van der Waals surface area contributed by atoms with Crippen LogP contribution in [-0.4, -0.2) is 34.7 Å². The van der Waals surface area contributed by atoms with E-state index in [-0.39, 0.29) is 6.73 Å². The number of alkyl halides is 3. The lowest BCUT2D eigenvalue weighted by Crippen LogP contribution is -2.57. The number of ether oxygens (including phenoxy) is 1. The van der Waals surface area contributed by atoms with Gasteiger partial charge in [-0.15, -0.1) is 11.8 Å². The van der Waals surface area contributed by atoms with Crippen molar-refractivity contribution in [1.82, 2.24) is 4.90 Å². The number of nitrogens with zero attached hydrogens (tertiary/aromatic N) is 1. The number of carbonyl (C=O) groups excluding carboxylic acids is 2. The summed E-state index contributed by atoms with van der Waals surface area (Å²) in [4.78, 5) is 27.3. The van der Waals surface area contributed by atoms with Gasteiger partial charge in [-0.2, -0.15) is 13.2 Å². The quantitative estimate of drug-likeness (QED) is 0.623. The molecule has 0 aromatic heterocycles. The SMILES string of the molecule is CC1=C(SCC(C)C)C(=O)N(C(C)(C)C(=O)Nc2cc(C(F)(F)F)ccc2F)CO1. The molecule has 30 heavy (non-hydrogen) atoms. The second kappa shape index (κ2) is 8.87. The molecule has 10 heteroatoms. The summed E-state index contributed by atoms with van der Waals surface area (Å²) < 4.78 is 58.3. The zero-order valence-electron chi connectivity index (χ0n) is 17.3. The first-order valence-corrected chi connectivity index (χ1v) is 10.2. The van der Waals surface area contributed by atoms with E-state index >= 15 is 0 Å². The number of anilines is 1. The van der Waals surface area contributed by atoms with Crippen LogP contribution in [0, 0.1) is 11.7 Å². The van der Waals surface area contributed by atoms with Crippen molar-refractivity contribution in [3.05, 3.63) is 40.2 Å². The summed E-state index contributed by atoms with van der Waals surface area (Å²) in [5.41, 5.74) is -3.23. The van der Waals surface area contributed by atoms with Crippen LogP contribution in [0.3, 0.4) is 0 Å². The van der Waals surface area contributed by atoms with E-state index in [4.69, 9.17) is 4.74 Å². The molecule has 1 aromatic carbocycles. The number of hydrogen-bond acceptors (Lipinski definition) is 4. The van der Waals surface area contributed by atoms with Crippen LogP contribution in [0.15, 0.2) is 28.9 Å². The molecule has 0 radical (unpaired) electrons. The highest BCUT2D eigenvalue weighted by atomic mass is 32.2. The number of halogens is 4. The van der Waals surface area contributed by atoms with Crippen LogP contribution in [0.5, 0.6) is 0 Å². The number of nitrogens with one attached hydrogen (secondary N) is 1. The maximum atomic E-state index is 14.0. The van der Waals surface area contributed by atoms with Gasteiger partial charge in [0.05, 0.1) is 11.3 Å². The lowest BCUT2D eigenvalue weighted by atomic mass is 10.0. The van der Waals surface area contributed by atoms with Gasteiger partial charge in [0.1, 0.15) is 22.0 Å². The molecule has 0 aliphatic carbocycles. The third kappa shape index (κ3) is 5.27. The molecule has 1 aliphatic heterocycles. The van der Waals surface area contributed by atoms with Crippen molar-refractivity contribution in [1.29, 1.82) is 0 Å². The van der Waals surface area contributed by atoms with Gasteiger partial charge in [-0.25, -0.2) is 4.39 Å². The molecule has 1 N–H and O–H groups in total. The van der Waals surface area contributed by atoms with Gasteiger partial charge in [-0.05, 0) is 44.9 Å². The third-order valence-electron chi connectivity index (χ3n) is 4.50. The zero-order chi connectivity index (χ0) is 22.9. The molecule has 0 fully saturated rings. The Morgan fingerprint density at radius 1 is 1.30 bits per heavy atom. The molecule has 1 heterocycles. The Labute approximate surface area is 176 Å². The molecule has 1 aromatic rings. The van der Waals surface area contributed by atoms with Gasteiger partial charge in [0, 0.05) is 5.75 Å². The zero-order valence-corrected chi connectivity index (χ0v) is 18.1. The Balaban J connectivity index is 2.25. The summed E-state index contributed by atoms with van der Waals surface area (Å²) >= 11 is 1.31. The van der Waals surface area contributed by atoms with Gasteiger partial charge in [0.15, 0.2) is 6.73 Å². The lowest BCUT2D eigenvalue weighted by Gasteiger charge is -2.40. The first kappa shape index (κ1) is 24.0. The highest BCUT2D eigenvalue weighted by Gasteiger charge is 2.42. The number of benzene rings is 1. The highest BCUT2D eigenvalue weighted by molar-refractivity contribution is 8.04.